The van der Waals surface area contributed by atoms with Crippen molar-refractivity contribution in [3.63, 3.8) is 0 Å². The first-order valence-corrected chi connectivity index (χ1v) is 10.4. The van der Waals surface area contributed by atoms with Crippen LogP contribution >= 0.6 is 11.3 Å². The zero-order chi connectivity index (χ0) is 19.4. The van der Waals surface area contributed by atoms with Crippen LogP contribution in [0.15, 0.2) is 59.2 Å². The van der Waals surface area contributed by atoms with Crippen LogP contribution in [-0.2, 0) is 10.0 Å². The van der Waals surface area contributed by atoms with E-state index >= 15 is 0 Å². The number of hydrogen-bond acceptors (Lipinski definition) is 6. The van der Waals surface area contributed by atoms with Gasteiger partial charge in [-0.05, 0) is 36.4 Å². The number of carbonyl (C=O) groups is 2. The zero-order valence-electron chi connectivity index (χ0n) is 14.1. The molecule has 8 nitrogen and oxygen atoms in total. The smallest absolute Gasteiger partial charge is 0.291 e. The Kier molecular flexibility index (Phi) is 5.28. The van der Waals surface area contributed by atoms with Crippen molar-refractivity contribution >= 4 is 49.6 Å². The predicted molar refractivity (Wildman–Crippen MR) is 104 cm³/mol. The highest BCUT2D eigenvalue weighted by molar-refractivity contribution is 7.92. The van der Waals surface area contributed by atoms with Crippen molar-refractivity contribution in [1.82, 2.24) is 0 Å². The quantitative estimate of drug-likeness (QED) is 0.582. The van der Waals surface area contributed by atoms with Gasteiger partial charge in [-0.25, -0.2) is 8.42 Å². The molecular formula is C17H15N3O5S2. The van der Waals surface area contributed by atoms with Gasteiger partial charge in [0, 0.05) is 0 Å². The third kappa shape index (κ3) is 4.96. The Balaban J connectivity index is 1.71. The molecule has 2 aromatic heterocycles. The molecule has 0 radical (unpaired) electrons. The lowest BCUT2D eigenvalue weighted by Crippen LogP contribution is -2.15. The molecule has 10 heteroatoms. The molecule has 0 aliphatic carbocycles. The first-order chi connectivity index (χ1) is 12.8. The summed E-state index contributed by atoms with van der Waals surface area (Å²) in [4.78, 5) is 24.8. The standard InChI is InChI=1S/C17H15N3O5S2/c1-27(23,24)20-12-6-3-2-5-11(12)18-17(22)14-8-9-15(26-14)19-16(21)13-7-4-10-25-13/h2-10,20H,1H3,(H,18,22)(H,19,21). The lowest BCUT2D eigenvalue weighted by atomic mass is 10.2. The summed E-state index contributed by atoms with van der Waals surface area (Å²) in [5.41, 5.74) is 0.582. The van der Waals surface area contributed by atoms with Crippen molar-refractivity contribution in [2.75, 3.05) is 21.6 Å². The molecule has 1 aromatic carbocycles. The maximum absolute atomic E-state index is 12.5. The van der Waals surface area contributed by atoms with Gasteiger partial charge in [0.2, 0.25) is 10.0 Å². The van der Waals surface area contributed by atoms with Gasteiger partial charge in [0.15, 0.2) is 5.76 Å². The molecular weight excluding hydrogens is 390 g/mol. The van der Waals surface area contributed by atoms with Gasteiger partial charge in [0.1, 0.15) is 0 Å². The van der Waals surface area contributed by atoms with E-state index in [9.17, 15) is 18.0 Å². The molecule has 0 aliphatic heterocycles. The molecule has 0 spiro atoms. The van der Waals surface area contributed by atoms with Crippen LogP contribution < -0.4 is 15.4 Å². The SMILES string of the molecule is CS(=O)(=O)Nc1ccccc1NC(=O)c1ccc(NC(=O)c2ccco2)s1. The molecule has 0 saturated heterocycles. The number of nitrogens with one attached hydrogen (secondary N) is 3. The number of amides is 2. The van der Waals surface area contributed by atoms with Gasteiger partial charge in [0.05, 0.1) is 33.8 Å². The number of para-hydroxylation sites is 2. The summed E-state index contributed by atoms with van der Waals surface area (Å²) in [5, 5.41) is 5.77. The third-order valence-electron chi connectivity index (χ3n) is 3.28. The number of rotatable bonds is 6. The van der Waals surface area contributed by atoms with Gasteiger partial charge in [-0.2, -0.15) is 0 Å². The Hall–Kier alpha value is -3.11. The number of thiophene rings is 1. The fourth-order valence-corrected chi connectivity index (χ4v) is 3.55. The van der Waals surface area contributed by atoms with Crippen LogP contribution in [0.2, 0.25) is 0 Å². The Morgan fingerprint density at radius 3 is 2.33 bits per heavy atom. The molecule has 3 aromatic rings. The molecule has 140 valence electrons. The highest BCUT2D eigenvalue weighted by Gasteiger charge is 2.15. The summed E-state index contributed by atoms with van der Waals surface area (Å²) in [6.07, 6.45) is 2.42. The van der Waals surface area contributed by atoms with Crippen molar-refractivity contribution in [1.29, 1.82) is 0 Å². The van der Waals surface area contributed by atoms with Crippen molar-refractivity contribution < 1.29 is 22.4 Å². The van der Waals surface area contributed by atoms with E-state index in [1.807, 2.05) is 0 Å². The van der Waals surface area contributed by atoms with E-state index in [-0.39, 0.29) is 11.4 Å². The molecule has 27 heavy (non-hydrogen) atoms. The second-order valence-corrected chi connectivity index (χ2v) is 8.30. The molecule has 2 heterocycles. The van der Waals surface area contributed by atoms with Crippen LogP contribution in [-0.4, -0.2) is 26.5 Å². The molecule has 0 saturated carbocycles. The average Bonchev–Trinajstić information content (AvgIpc) is 3.26. The summed E-state index contributed by atoms with van der Waals surface area (Å²) < 4.78 is 30.2. The van der Waals surface area contributed by atoms with Crippen LogP contribution in [0.4, 0.5) is 16.4 Å². The molecule has 0 bridgehead atoms. The van der Waals surface area contributed by atoms with Gasteiger partial charge in [-0.3, -0.25) is 14.3 Å². The summed E-state index contributed by atoms with van der Waals surface area (Å²) in [7, 11) is -3.49. The van der Waals surface area contributed by atoms with E-state index < -0.39 is 21.8 Å². The molecule has 3 N–H and O–H groups in total. The number of hydrogen-bond donors (Lipinski definition) is 3. The topological polar surface area (TPSA) is 118 Å². The molecule has 0 unspecified atom stereocenters. The fourth-order valence-electron chi connectivity index (χ4n) is 2.17. The summed E-state index contributed by atoms with van der Waals surface area (Å²) in [6.45, 7) is 0. The van der Waals surface area contributed by atoms with Gasteiger partial charge >= 0.3 is 0 Å². The second-order valence-electron chi connectivity index (χ2n) is 5.47. The largest absolute Gasteiger partial charge is 0.459 e. The van der Waals surface area contributed by atoms with Gasteiger partial charge in [0.25, 0.3) is 11.8 Å². The van der Waals surface area contributed by atoms with Gasteiger partial charge in [-0.15, -0.1) is 11.3 Å². The number of furan rings is 1. The maximum atomic E-state index is 12.5. The van der Waals surface area contributed by atoms with Crippen molar-refractivity contribution in [2.24, 2.45) is 0 Å². The van der Waals surface area contributed by atoms with Crippen LogP contribution in [0.25, 0.3) is 0 Å². The lowest BCUT2D eigenvalue weighted by Gasteiger charge is -2.11. The molecule has 0 fully saturated rings. The minimum absolute atomic E-state index is 0.162. The van der Waals surface area contributed by atoms with E-state index in [0.717, 1.165) is 17.6 Å². The monoisotopic (exact) mass is 405 g/mol. The Morgan fingerprint density at radius 2 is 1.67 bits per heavy atom. The van der Waals surface area contributed by atoms with E-state index in [0.29, 0.717) is 15.6 Å². The lowest BCUT2D eigenvalue weighted by molar-refractivity contribution is 0.0995. The minimum atomic E-state index is -3.49. The number of sulfonamides is 1. The fraction of sp³-hybridized carbons (Fsp3) is 0.0588. The van der Waals surface area contributed by atoms with E-state index in [1.165, 1.54) is 12.3 Å². The molecule has 3 rings (SSSR count). The van der Waals surface area contributed by atoms with Crippen LogP contribution in [0.3, 0.4) is 0 Å². The average molecular weight is 405 g/mol. The zero-order valence-corrected chi connectivity index (χ0v) is 15.7. The number of carbonyl (C=O) groups excluding carboxylic acids is 2. The maximum Gasteiger partial charge on any atom is 0.291 e. The first kappa shape index (κ1) is 18.7. The third-order valence-corrected chi connectivity index (χ3v) is 4.87. The molecule has 2 amide bonds. The van der Waals surface area contributed by atoms with E-state index in [1.54, 1.807) is 42.5 Å². The van der Waals surface area contributed by atoms with Gasteiger partial charge in [-0.1, -0.05) is 12.1 Å². The second kappa shape index (κ2) is 7.64. The summed E-state index contributed by atoms with van der Waals surface area (Å²) in [6, 6.07) is 12.7. The Morgan fingerprint density at radius 1 is 0.926 bits per heavy atom. The van der Waals surface area contributed by atoms with Crippen LogP contribution in [0, 0.1) is 0 Å². The highest BCUT2D eigenvalue weighted by atomic mass is 32.2. The predicted octanol–water partition coefficient (Wildman–Crippen LogP) is 3.22. The van der Waals surface area contributed by atoms with Crippen molar-refractivity contribution in [3.05, 3.63) is 65.4 Å². The number of benzene rings is 1. The molecule has 0 atom stereocenters. The van der Waals surface area contributed by atoms with Crippen LogP contribution in [0.1, 0.15) is 20.2 Å². The Bertz CT molecular complexity index is 1070. The van der Waals surface area contributed by atoms with E-state index in [2.05, 4.69) is 15.4 Å². The van der Waals surface area contributed by atoms with E-state index in [4.69, 9.17) is 4.42 Å². The molecule has 0 aliphatic rings. The summed E-state index contributed by atoms with van der Waals surface area (Å²) in [5.74, 6) is -0.687. The summed E-state index contributed by atoms with van der Waals surface area (Å²) >= 11 is 1.08. The van der Waals surface area contributed by atoms with Crippen molar-refractivity contribution in [2.45, 2.75) is 0 Å². The first-order valence-electron chi connectivity index (χ1n) is 7.65. The number of anilines is 3. The Labute approximate surface area is 159 Å². The van der Waals surface area contributed by atoms with Crippen LogP contribution in [0.5, 0.6) is 0 Å². The highest BCUT2D eigenvalue weighted by Crippen LogP contribution is 2.26. The normalized spacial score (nSPS) is 11.0. The van der Waals surface area contributed by atoms with Gasteiger partial charge < -0.3 is 15.1 Å². The minimum Gasteiger partial charge on any atom is -0.459 e. The van der Waals surface area contributed by atoms with Crippen molar-refractivity contribution in [3.8, 4) is 0 Å².